The van der Waals surface area contributed by atoms with Crippen molar-refractivity contribution in [2.45, 2.75) is 51.4 Å². The number of isocyanates is 1. The second-order valence-electron chi connectivity index (χ2n) is 6.89. The average molecular weight is 291 g/mol. The van der Waals surface area contributed by atoms with Gasteiger partial charge in [0.2, 0.25) is 6.08 Å². The molecule has 0 bridgehead atoms. The molecule has 3 nitrogen and oxygen atoms in total. The van der Waals surface area contributed by atoms with Crippen molar-refractivity contribution >= 4 is 14.4 Å². The van der Waals surface area contributed by atoms with Crippen molar-refractivity contribution in [3.8, 4) is 0 Å². The summed E-state index contributed by atoms with van der Waals surface area (Å²) in [4.78, 5) is 14.8. The number of hydrogen-bond acceptors (Lipinski definition) is 3. The van der Waals surface area contributed by atoms with Gasteiger partial charge in [0.15, 0.2) is 8.32 Å². The molecule has 0 amide bonds. The number of hydrogen-bond donors (Lipinski definition) is 0. The summed E-state index contributed by atoms with van der Waals surface area (Å²) < 4.78 is 6.23. The van der Waals surface area contributed by atoms with Crippen molar-refractivity contribution in [3.63, 3.8) is 0 Å². The van der Waals surface area contributed by atoms with E-state index in [1.165, 1.54) is 0 Å². The van der Waals surface area contributed by atoms with E-state index in [9.17, 15) is 4.79 Å². The molecule has 1 aromatic rings. The first-order valence-corrected chi connectivity index (χ1v) is 9.82. The van der Waals surface area contributed by atoms with Crippen molar-refractivity contribution in [1.29, 1.82) is 0 Å². The minimum atomic E-state index is -1.87. The third-order valence-corrected chi connectivity index (χ3v) is 8.69. The van der Waals surface area contributed by atoms with E-state index in [0.717, 1.165) is 5.56 Å². The van der Waals surface area contributed by atoms with Gasteiger partial charge in [-0.25, -0.2) is 4.79 Å². The van der Waals surface area contributed by atoms with Crippen molar-refractivity contribution in [2.24, 2.45) is 4.99 Å². The summed E-state index contributed by atoms with van der Waals surface area (Å²) >= 11 is 0. The zero-order chi connectivity index (χ0) is 15.4. The number of aliphatic imine (C=N–C) groups is 1. The van der Waals surface area contributed by atoms with Crippen LogP contribution in [0.3, 0.4) is 0 Å². The smallest absolute Gasteiger partial charge is 0.235 e. The fraction of sp³-hybridized carbons (Fsp3) is 0.562. The number of benzene rings is 1. The van der Waals surface area contributed by atoms with E-state index in [2.05, 4.69) is 38.9 Å². The van der Waals surface area contributed by atoms with Crippen LogP contribution in [-0.2, 0) is 14.8 Å². The Bertz CT molecular complexity index is 487. The summed E-state index contributed by atoms with van der Waals surface area (Å²) in [5.41, 5.74) is 0.306. The van der Waals surface area contributed by atoms with Gasteiger partial charge >= 0.3 is 0 Å². The van der Waals surface area contributed by atoms with Gasteiger partial charge in [-0.15, -0.1) is 0 Å². The Kier molecular flexibility index (Phi) is 5.08. The third kappa shape index (κ3) is 3.89. The lowest BCUT2D eigenvalue weighted by molar-refractivity contribution is 0.213. The van der Waals surface area contributed by atoms with E-state index in [4.69, 9.17) is 4.43 Å². The molecule has 110 valence electrons. The Labute approximate surface area is 123 Å². The maximum atomic E-state index is 10.8. The summed E-state index contributed by atoms with van der Waals surface area (Å²) in [6.07, 6.45) is 1.69. The molecule has 0 spiro atoms. The normalized spacial score (nSPS) is 15.3. The Hall–Kier alpha value is -1.22. The van der Waals surface area contributed by atoms with Crippen molar-refractivity contribution in [3.05, 3.63) is 35.9 Å². The van der Waals surface area contributed by atoms with Crippen LogP contribution in [-0.4, -0.2) is 21.0 Å². The summed E-state index contributed by atoms with van der Waals surface area (Å²) in [6.45, 7) is 13.3. The highest BCUT2D eigenvalue weighted by Crippen LogP contribution is 2.38. The van der Waals surface area contributed by atoms with Crippen molar-refractivity contribution in [2.75, 3.05) is 6.61 Å². The van der Waals surface area contributed by atoms with E-state index < -0.39 is 13.9 Å². The topological polar surface area (TPSA) is 38.7 Å². The Morgan fingerprint density at radius 3 is 2.15 bits per heavy atom. The van der Waals surface area contributed by atoms with E-state index >= 15 is 0 Å². The van der Waals surface area contributed by atoms with Gasteiger partial charge in [-0.05, 0) is 30.6 Å². The zero-order valence-electron chi connectivity index (χ0n) is 13.4. The van der Waals surface area contributed by atoms with Crippen LogP contribution in [0.4, 0.5) is 0 Å². The Morgan fingerprint density at radius 1 is 1.15 bits per heavy atom. The maximum absolute atomic E-state index is 10.8. The Balaban J connectivity index is 2.98. The molecule has 0 aliphatic rings. The molecule has 0 saturated heterocycles. The molecular weight excluding hydrogens is 266 g/mol. The van der Waals surface area contributed by atoms with Crippen molar-refractivity contribution < 1.29 is 9.22 Å². The molecular formula is C16H25NO2Si. The van der Waals surface area contributed by atoms with E-state index in [0.29, 0.717) is 6.61 Å². The van der Waals surface area contributed by atoms with E-state index in [-0.39, 0.29) is 5.04 Å². The quantitative estimate of drug-likeness (QED) is 0.462. The monoisotopic (exact) mass is 291 g/mol. The molecule has 1 aromatic carbocycles. The number of rotatable bonds is 5. The lowest BCUT2D eigenvalue weighted by Gasteiger charge is -2.38. The number of carbonyl (C=O) groups excluding carboxylic acids is 1. The van der Waals surface area contributed by atoms with Crippen LogP contribution < -0.4 is 0 Å². The predicted octanol–water partition coefficient (Wildman–Crippen LogP) is 4.26. The van der Waals surface area contributed by atoms with Crippen LogP contribution >= 0.6 is 0 Å². The molecule has 0 fully saturated rings. The molecule has 20 heavy (non-hydrogen) atoms. The van der Waals surface area contributed by atoms with Crippen LogP contribution in [0.2, 0.25) is 18.1 Å². The largest absolute Gasteiger partial charge is 0.414 e. The lowest BCUT2D eigenvalue weighted by Crippen LogP contribution is -2.44. The lowest BCUT2D eigenvalue weighted by atomic mass is 9.94. The van der Waals surface area contributed by atoms with Gasteiger partial charge in [-0.2, -0.15) is 4.99 Å². The second kappa shape index (κ2) is 6.04. The minimum Gasteiger partial charge on any atom is -0.414 e. The summed E-state index contributed by atoms with van der Waals surface area (Å²) in [7, 11) is -1.87. The molecule has 0 unspecified atom stereocenters. The highest BCUT2D eigenvalue weighted by molar-refractivity contribution is 6.74. The van der Waals surface area contributed by atoms with Gasteiger partial charge in [0, 0.05) is 0 Å². The van der Waals surface area contributed by atoms with Crippen molar-refractivity contribution in [1.82, 2.24) is 0 Å². The van der Waals surface area contributed by atoms with Gasteiger partial charge in [-0.1, -0.05) is 51.1 Å². The van der Waals surface area contributed by atoms with Gasteiger partial charge in [0.05, 0.1) is 6.61 Å². The second-order valence-corrected chi connectivity index (χ2v) is 11.7. The molecule has 1 rings (SSSR count). The fourth-order valence-corrected chi connectivity index (χ4v) is 2.69. The molecule has 0 aliphatic heterocycles. The molecule has 0 aromatic heterocycles. The van der Waals surface area contributed by atoms with Gasteiger partial charge < -0.3 is 4.43 Å². The highest BCUT2D eigenvalue weighted by Gasteiger charge is 2.39. The van der Waals surface area contributed by atoms with Gasteiger partial charge in [0.1, 0.15) is 5.54 Å². The van der Waals surface area contributed by atoms with Crippen LogP contribution in [0, 0.1) is 0 Å². The first-order valence-electron chi connectivity index (χ1n) is 6.91. The molecule has 4 heteroatoms. The molecule has 0 radical (unpaired) electrons. The number of nitrogens with zero attached hydrogens (tertiary/aromatic N) is 1. The SMILES string of the molecule is CC(C)(C)[Si](C)(C)OC[C@@](C)(N=C=O)c1ccccc1. The fourth-order valence-electron chi connectivity index (χ4n) is 1.62. The summed E-state index contributed by atoms with van der Waals surface area (Å²) in [5, 5.41) is 0.134. The maximum Gasteiger partial charge on any atom is 0.235 e. The first-order chi connectivity index (χ1) is 9.12. The molecule has 0 N–H and O–H groups in total. The molecule has 1 atom stereocenters. The molecule has 0 saturated carbocycles. The van der Waals surface area contributed by atoms with Gasteiger partial charge in [-0.3, -0.25) is 0 Å². The summed E-state index contributed by atoms with van der Waals surface area (Å²) in [6, 6.07) is 9.77. The first kappa shape index (κ1) is 16.8. The standard InChI is InChI=1S/C16H25NO2Si/c1-15(2,3)20(5,6)19-12-16(4,17-13-18)14-10-8-7-9-11-14/h7-11H,12H2,1-6H3/t16-/m1/s1. The van der Waals surface area contributed by atoms with Crippen LogP contribution in [0.1, 0.15) is 33.3 Å². The summed E-state index contributed by atoms with van der Waals surface area (Å²) in [5.74, 6) is 0. The molecule has 0 aliphatic carbocycles. The highest BCUT2D eigenvalue weighted by atomic mass is 28.4. The van der Waals surface area contributed by atoms with E-state index in [1.807, 2.05) is 37.3 Å². The van der Waals surface area contributed by atoms with Crippen LogP contribution in [0.25, 0.3) is 0 Å². The molecule has 0 heterocycles. The van der Waals surface area contributed by atoms with Gasteiger partial charge in [0.25, 0.3) is 0 Å². The Morgan fingerprint density at radius 2 is 1.70 bits per heavy atom. The average Bonchev–Trinajstić information content (AvgIpc) is 2.37. The van der Waals surface area contributed by atoms with E-state index in [1.54, 1.807) is 6.08 Å². The zero-order valence-corrected chi connectivity index (χ0v) is 14.4. The minimum absolute atomic E-state index is 0.134. The van der Waals surface area contributed by atoms with Crippen LogP contribution in [0.5, 0.6) is 0 Å². The van der Waals surface area contributed by atoms with Crippen LogP contribution in [0.15, 0.2) is 35.3 Å². The predicted molar refractivity (Wildman–Crippen MR) is 85.1 cm³/mol. The third-order valence-electron chi connectivity index (χ3n) is 4.21.